The molecule has 2 rings (SSSR count). The second-order valence-electron chi connectivity index (χ2n) is 4.65. The Kier molecular flexibility index (Phi) is 4.56. The quantitative estimate of drug-likeness (QED) is 0.914. The molecule has 0 spiro atoms. The summed E-state index contributed by atoms with van der Waals surface area (Å²) in [5.74, 6) is 0. The van der Waals surface area contributed by atoms with Crippen molar-refractivity contribution in [3.63, 3.8) is 0 Å². The maximum absolute atomic E-state index is 6.26. The van der Waals surface area contributed by atoms with E-state index < -0.39 is 0 Å². The van der Waals surface area contributed by atoms with Gasteiger partial charge in [0, 0.05) is 13.2 Å². The van der Waals surface area contributed by atoms with Crippen LogP contribution in [0.1, 0.15) is 36.3 Å². The Hall–Kier alpha value is -1.39. The van der Waals surface area contributed by atoms with Gasteiger partial charge in [-0.05, 0) is 37.6 Å². The van der Waals surface area contributed by atoms with Crippen molar-refractivity contribution in [1.82, 2.24) is 20.1 Å². The second kappa shape index (κ2) is 6.17. The molecule has 1 N–H and O–H groups in total. The van der Waals surface area contributed by atoms with Crippen molar-refractivity contribution in [1.29, 1.82) is 0 Å². The van der Waals surface area contributed by atoms with E-state index in [9.17, 15) is 0 Å². The third-order valence-electron chi connectivity index (χ3n) is 3.04. The van der Waals surface area contributed by atoms with Gasteiger partial charge in [0.2, 0.25) is 0 Å². The van der Waals surface area contributed by atoms with Gasteiger partial charge in [-0.25, -0.2) is 0 Å². The lowest BCUT2D eigenvalue weighted by atomic mass is 10.1. The number of hydrogen-bond acceptors (Lipinski definition) is 3. The normalized spacial score (nSPS) is 12.6. The first kappa shape index (κ1) is 14.0. The highest BCUT2D eigenvalue weighted by Crippen LogP contribution is 2.27. The predicted molar refractivity (Wildman–Crippen MR) is 77.3 cm³/mol. The lowest BCUT2D eigenvalue weighted by molar-refractivity contribution is 0.543. The summed E-state index contributed by atoms with van der Waals surface area (Å²) in [4.78, 5) is 4.47. The lowest BCUT2D eigenvalue weighted by Gasteiger charge is -2.19. The Morgan fingerprint density at radius 2 is 2.26 bits per heavy atom. The molecule has 19 heavy (non-hydrogen) atoms. The first-order valence-electron chi connectivity index (χ1n) is 6.46. The van der Waals surface area contributed by atoms with Crippen molar-refractivity contribution < 1.29 is 0 Å². The summed E-state index contributed by atoms with van der Waals surface area (Å²) >= 11 is 6.26. The smallest absolute Gasteiger partial charge is 0.0937 e. The van der Waals surface area contributed by atoms with Crippen LogP contribution < -0.4 is 5.32 Å². The predicted octanol–water partition coefficient (Wildman–Crippen LogP) is 2.87. The Bertz CT molecular complexity index is 531. The van der Waals surface area contributed by atoms with Crippen LogP contribution in [0.25, 0.3) is 0 Å². The summed E-state index contributed by atoms with van der Waals surface area (Å²) < 4.78 is 1.81. The Morgan fingerprint density at radius 3 is 2.84 bits per heavy atom. The molecule has 2 heterocycles. The molecular formula is C14H19ClN4. The van der Waals surface area contributed by atoms with Gasteiger partial charge in [0.1, 0.15) is 0 Å². The van der Waals surface area contributed by atoms with E-state index in [1.54, 1.807) is 10.9 Å². The fourth-order valence-corrected chi connectivity index (χ4v) is 2.37. The highest BCUT2D eigenvalue weighted by Gasteiger charge is 2.21. The first-order chi connectivity index (χ1) is 9.13. The van der Waals surface area contributed by atoms with Crippen LogP contribution in [-0.4, -0.2) is 21.3 Å². The van der Waals surface area contributed by atoms with Crippen LogP contribution in [0, 0.1) is 6.92 Å². The van der Waals surface area contributed by atoms with Crippen molar-refractivity contribution in [2.24, 2.45) is 7.05 Å². The molecule has 1 atom stereocenters. The molecule has 0 aliphatic carbocycles. The molecule has 0 aliphatic heterocycles. The first-order valence-corrected chi connectivity index (χ1v) is 6.84. The standard InChI is InChI=1S/C14H19ClN4/c1-4-6-17-13(12-8-10(2)5-7-16-12)14-11(15)9-18-19(14)3/h5,7-9,13,17H,4,6H2,1-3H3. The summed E-state index contributed by atoms with van der Waals surface area (Å²) in [5.41, 5.74) is 3.11. The number of rotatable bonds is 5. The fourth-order valence-electron chi connectivity index (χ4n) is 2.09. The van der Waals surface area contributed by atoms with Gasteiger partial charge in [0.25, 0.3) is 0 Å². The number of halogens is 1. The van der Waals surface area contributed by atoms with Crippen LogP contribution in [0.5, 0.6) is 0 Å². The number of nitrogens with one attached hydrogen (secondary N) is 1. The molecule has 5 heteroatoms. The van der Waals surface area contributed by atoms with Crippen LogP contribution in [0.3, 0.4) is 0 Å². The highest BCUT2D eigenvalue weighted by atomic mass is 35.5. The second-order valence-corrected chi connectivity index (χ2v) is 5.05. The fraction of sp³-hybridized carbons (Fsp3) is 0.429. The van der Waals surface area contributed by atoms with Crippen LogP contribution in [0.2, 0.25) is 5.02 Å². The third kappa shape index (κ3) is 3.14. The molecule has 102 valence electrons. The van der Waals surface area contributed by atoms with E-state index >= 15 is 0 Å². The zero-order valence-corrected chi connectivity index (χ0v) is 12.3. The van der Waals surface area contributed by atoms with E-state index in [2.05, 4.69) is 35.3 Å². The van der Waals surface area contributed by atoms with Gasteiger partial charge in [-0.2, -0.15) is 5.10 Å². The summed E-state index contributed by atoms with van der Waals surface area (Å²) in [7, 11) is 1.90. The summed E-state index contributed by atoms with van der Waals surface area (Å²) in [6.07, 6.45) is 4.56. The average Bonchev–Trinajstić information content (AvgIpc) is 2.71. The summed E-state index contributed by atoms with van der Waals surface area (Å²) in [6, 6.07) is 4.04. The average molecular weight is 279 g/mol. The van der Waals surface area contributed by atoms with Crippen LogP contribution in [0.4, 0.5) is 0 Å². The van der Waals surface area contributed by atoms with Crippen molar-refractivity contribution in [2.75, 3.05) is 6.54 Å². The van der Waals surface area contributed by atoms with Crippen LogP contribution >= 0.6 is 11.6 Å². The van der Waals surface area contributed by atoms with Crippen molar-refractivity contribution in [2.45, 2.75) is 26.3 Å². The minimum absolute atomic E-state index is 0.0279. The van der Waals surface area contributed by atoms with Gasteiger partial charge in [-0.1, -0.05) is 18.5 Å². The van der Waals surface area contributed by atoms with E-state index in [1.807, 2.05) is 19.3 Å². The third-order valence-corrected chi connectivity index (χ3v) is 3.33. The Labute approximate surface area is 118 Å². The number of aryl methyl sites for hydroxylation is 2. The minimum Gasteiger partial charge on any atom is -0.304 e. The van der Waals surface area contributed by atoms with E-state index in [4.69, 9.17) is 11.6 Å². The van der Waals surface area contributed by atoms with E-state index in [1.165, 1.54) is 5.56 Å². The van der Waals surface area contributed by atoms with Crippen LogP contribution in [0.15, 0.2) is 24.5 Å². The molecule has 0 amide bonds. The summed E-state index contributed by atoms with van der Waals surface area (Å²) in [5, 5.41) is 8.37. The van der Waals surface area contributed by atoms with E-state index in [0.29, 0.717) is 5.02 Å². The van der Waals surface area contributed by atoms with E-state index in [-0.39, 0.29) is 6.04 Å². The molecule has 0 aromatic carbocycles. The van der Waals surface area contributed by atoms with Gasteiger partial charge in [-0.3, -0.25) is 9.67 Å². The molecule has 0 saturated carbocycles. The van der Waals surface area contributed by atoms with Gasteiger partial charge in [-0.15, -0.1) is 0 Å². The number of nitrogens with zero attached hydrogens (tertiary/aromatic N) is 3. The molecular weight excluding hydrogens is 260 g/mol. The largest absolute Gasteiger partial charge is 0.304 e. The molecule has 2 aromatic rings. The molecule has 1 unspecified atom stereocenters. The molecule has 2 aromatic heterocycles. The van der Waals surface area contributed by atoms with Crippen molar-refractivity contribution in [3.8, 4) is 0 Å². The van der Waals surface area contributed by atoms with Gasteiger partial charge >= 0.3 is 0 Å². The Morgan fingerprint density at radius 1 is 1.47 bits per heavy atom. The molecule has 0 radical (unpaired) electrons. The highest BCUT2D eigenvalue weighted by molar-refractivity contribution is 6.31. The summed E-state index contributed by atoms with van der Waals surface area (Å²) in [6.45, 7) is 5.10. The van der Waals surface area contributed by atoms with Crippen molar-refractivity contribution in [3.05, 3.63) is 46.5 Å². The molecule has 4 nitrogen and oxygen atoms in total. The molecule has 0 aliphatic rings. The lowest BCUT2D eigenvalue weighted by Crippen LogP contribution is -2.26. The van der Waals surface area contributed by atoms with Gasteiger partial charge < -0.3 is 5.32 Å². The van der Waals surface area contributed by atoms with Gasteiger partial charge in [0.05, 0.1) is 28.6 Å². The maximum atomic E-state index is 6.26. The van der Waals surface area contributed by atoms with Gasteiger partial charge in [0.15, 0.2) is 0 Å². The zero-order chi connectivity index (χ0) is 13.8. The van der Waals surface area contributed by atoms with E-state index in [0.717, 1.165) is 24.4 Å². The zero-order valence-electron chi connectivity index (χ0n) is 11.5. The number of hydrogen-bond donors (Lipinski definition) is 1. The van der Waals surface area contributed by atoms with Crippen LogP contribution in [-0.2, 0) is 7.05 Å². The molecule has 0 saturated heterocycles. The monoisotopic (exact) mass is 278 g/mol. The minimum atomic E-state index is -0.0279. The number of pyridine rings is 1. The molecule has 0 fully saturated rings. The number of aromatic nitrogens is 3. The van der Waals surface area contributed by atoms with Crippen molar-refractivity contribution >= 4 is 11.6 Å². The Balaban J connectivity index is 2.41. The topological polar surface area (TPSA) is 42.7 Å². The maximum Gasteiger partial charge on any atom is 0.0937 e. The SMILES string of the molecule is CCCNC(c1cc(C)ccn1)c1c(Cl)cnn1C. The molecule has 0 bridgehead atoms.